The monoisotopic (exact) mass is 389 g/mol. The molecule has 27 heavy (non-hydrogen) atoms. The molecule has 1 aliphatic heterocycles. The first-order valence-corrected chi connectivity index (χ1v) is 9.08. The Balaban J connectivity index is 1.69. The Bertz CT molecular complexity index is 985. The van der Waals surface area contributed by atoms with Crippen molar-refractivity contribution in [3.63, 3.8) is 0 Å². The molecule has 4 rings (SSSR count). The van der Waals surface area contributed by atoms with Gasteiger partial charge in [-0.25, -0.2) is 9.37 Å². The topological polar surface area (TPSA) is 61.5 Å². The highest BCUT2D eigenvalue weighted by Crippen LogP contribution is 2.21. The predicted octanol–water partition coefficient (Wildman–Crippen LogP) is 2.63. The second-order valence-electron chi connectivity index (χ2n) is 6.35. The number of para-hydroxylation sites is 1. The number of halogens is 2. The summed E-state index contributed by atoms with van der Waals surface area (Å²) in [6.07, 6.45) is 1.67. The Labute approximate surface area is 160 Å². The summed E-state index contributed by atoms with van der Waals surface area (Å²) in [5, 5.41) is 3.21. The average Bonchev–Trinajstić information content (AvgIpc) is 3.04. The number of rotatable bonds is 4. The van der Waals surface area contributed by atoms with Gasteiger partial charge in [-0.3, -0.25) is 9.69 Å². The van der Waals surface area contributed by atoms with E-state index in [4.69, 9.17) is 16.3 Å². The Morgan fingerprint density at radius 1 is 1.26 bits per heavy atom. The highest BCUT2D eigenvalue weighted by Gasteiger charge is 2.28. The van der Waals surface area contributed by atoms with Crippen molar-refractivity contribution in [3.8, 4) is 0 Å². The fourth-order valence-electron chi connectivity index (χ4n) is 3.23. The van der Waals surface area contributed by atoms with E-state index in [2.05, 4.69) is 15.2 Å². The number of ether oxygens (including phenoxy) is 1. The third-order valence-electron chi connectivity index (χ3n) is 4.56. The molecule has 1 aromatic carbocycles. The van der Waals surface area contributed by atoms with Gasteiger partial charge in [0.2, 0.25) is 5.52 Å². The number of H-pyrrole nitrogens is 1. The third-order valence-corrected chi connectivity index (χ3v) is 4.89. The molecule has 1 fully saturated rings. The molecule has 1 aliphatic rings. The van der Waals surface area contributed by atoms with Crippen molar-refractivity contribution in [2.45, 2.75) is 6.54 Å². The first-order chi connectivity index (χ1) is 13.1. The molecule has 0 radical (unpaired) electrons. The number of anilines is 1. The van der Waals surface area contributed by atoms with Gasteiger partial charge < -0.3 is 10.1 Å². The second kappa shape index (κ2) is 7.64. The van der Waals surface area contributed by atoms with Crippen molar-refractivity contribution < 1.29 is 18.3 Å². The van der Waals surface area contributed by atoms with Crippen LogP contribution in [-0.4, -0.2) is 42.1 Å². The number of aromatic amines is 1. The number of hydrogen-bond donors (Lipinski definition) is 2. The number of morpholine rings is 1. The Hall–Kier alpha value is -2.48. The van der Waals surface area contributed by atoms with E-state index in [1.54, 1.807) is 36.5 Å². The molecule has 0 saturated carbocycles. The van der Waals surface area contributed by atoms with Gasteiger partial charge in [-0.05, 0) is 24.3 Å². The van der Waals surface area contributed by atoms with E-state index < -0.39 is 5.91 Å². The molecule has 6 nitrogen and oxygen atoms in total. The lowest BCUT2D eigenvalue weighted by Gasteiger charge is -2.25. The normalized spacial score (nSPS) is 15.2. The van der Waals surface area contributed by atoms with Gasteiger partial charge in [-0.15, -0.1) is 0 Å². The van der Waals surface area contributed by atoms with Crippen LogP contribution in [-0.2, 0) is 11.3 Å². The summed E-state index contributed by atoms with van der Waals surface area (Å²) < 4.78 is 21.4. The van der Waals surface area contributed by atoms with Crippen molar-refractivity contribution in [1.29, 1.82) is 0 Å². The molecule has 140 valence electrons. The first kappa shape index (κ1) is 17.9. The van der Waals surface area contributed by atoms with E-state index in [1.807, 2.05) is 0 Å². The molecule has 3 aromatic rings. The van der Waals surface area contributed by atoms with Gasteiger partial charge in [0.05, 0.1) is 36.7 Å². The van der Waals surface area contributed by atoms with Crippen LogP contribution in [0.5, 0.6) is 0 Å². The highest BCUT2D eigenvalue weighted by atomic mass is 35.5. The largest absolute Gasteiger partial charge is 0.379 e. The van der Waals surface area contributed by atoms with Crippen LogP contribution in [0.4, 0.5) is 10.1 Å². The maximum atomic E-state index is 14.5. The van der Waals surface area contributed by atoms with E-state index in [9.17, 15) is 9.18 Å². The molecule has 3 heterocycles. The minimum absolute atomic E-state index is 0.243. The summed E-state index contributed by atoms with van der Waals surface area (Å²) in [4.78, 5) is 18.1. The zero-order chi connectivity index (χ0) is 18.8. The first-order valence-electron chi connectivity index (χ1n) is 8.70. The number of imidazole rings is 1. The molecule has 2 aromatic heterocycles. The lowest BCUT2D eigenvalue weighted by atomic mass is 10.3. The quantitative estimate of drug-likeness (QED) is 0.674. The lowest BCUT2D eigenvalue weighted by molar-refractivity contribution is -0.515. The molecular weight excluding hydrogens is 371 g/mol. The molecule has 0 bridgehead atoms. The molecule has 1 saturated heterocycles. The fourth-order valence-corrected chi connectivity index (χ4v) is 3.41. The van der Waals surface area contributed by atoms with Crippen LogP contribution in [0.2, 0.25) is 5.02 Å². The predicted molar refractivity (Wildman–Crippen MR) is 99.4 cm³/mol. The van der Waals surface area contributed by atoms with E-state index in [0.717, 1.165) is 13.1 Å². The lowest BCUT2D eigenvalue weighted by Crippen LogP contribution is -2.36. The van der Waals surface area contributed by atoms with E-state index in [-0.39, 0.29) is 11.6 Å². The van der Waals surface area contributed by atoms with E-state index in [0.29, 0.717) is 41.7 Å². The summed E-state index contributed by atoms with van der Waals surface area (Å²) >= 11 is 6.12. The van der Waals surface area contributed by atoms with Crippen LogP contribution in [0.1, 0.15) is 16.3 Å². The van der Waals surface area contributed by atoms with Gasteiger partial charge >= 0.3 is 11.7 Å². The summed E-state index contributed by atoms with van der Waals surface area (Å²) in [5.74, 6) is -0.529. The molecule has 0 aliphatic carbocycles. The number of pyridine rings is 1. The Kier molecular flexibility index (Phi) is 5.07. The summed E-state index contributed by atoms with van der Waals surface area (Å²) in [6.45, 7) is 3.33. The number of amides is 1. The Morgan fingerprint density at radius 2 is 2.04 bits per heavy atom. The van der Waals surface area contributed by atoms with Crippen molar-refractivity contribution in [2.24, 2.45) is 0 Å². The molecule has 0 unspecified atom stereocenters. The zero-order valence-corrected chi connectivity index (χ0v) is 15.3. The zero-order valence-electron chi connectivity index (χ0n) is 14.5. The highest BCUT2D eigenvalue weighted by molar-refractivity contribution is 6.33. The summed E-state index contributed by atoms with van der Waals surface area (Å²) in [7, 11) is 0. The van der Waals surface area contributed by atoms with E-state index in [1.165, 1.54) is 10.5 Å². The molecule has 0 spiro atoms. The fraction of sp³-hybridized carbons (Fsp3) is 0.263. The van der Waals surface area contributed by atoms with Gasteiger partial charge in [0.25, 0.3) is 0 Å². The number of fused-ring (bicyclic) bond motifs is 1. The van der Waals surface area contributed by atoms with Crippen molar-refractivity contribution >= 4 is 28.7 Å². The van der Waals surface area contributed by atoms with Crippen molar-refractivity contribution in [2.75, 3.05) is 31.6 Å². The number of nitrogens with one attached hydrogen (secondary N) is 2. The SMILES string of the molecule is O=C(Nc1ccccc1Cl)c1[nH]c(CN2CCOCC2)c2c(F)ccc[n+]12. The van der Waals surface area contributed by atoms with Gasteiger partial charge in [-0.2, -0.15) is 4.40 Å². The van der Waals surface area contributed by atoms with Crippen LogP contribution < -0.4 is 9.72 Å². The van der Waals surface area contributed by atoms with Crippen LogP contribution in [0, 0.1) is 5.82 Å². The number of aromatic nitrogens is 2. The number of carbonyl (C=O) groups is 1. The molecule has 2 N–H and O–H groups in total. The van der Waals surface area contributed by atoms with Gasteiger partial charge in [0.1, 0.15) is 0 Å². The standard InChI is InChI=1S/C19H18ClFN4O2/c20-13-4-1-2-6-15(13)23-19(26)18-22-16(12-24-8-10-27-11-9-24)17-14(21)5-3-7-25(17)18/h1-7H,8-12H2,(H,23,26)/p+1. The van der Waals surface area contributed by atoms with Gasteiger partial charge in [0.15, 0.2) is 11.5 Å². The molecule has 1 amide bonds. The van der Waals surface area contributed by atoms with Crippen molar-refractivity contribution in [1.82, 2.24) is 9.88 Å². The average molecular weight is 390 g/mol. The molecule has 0 atom stereocenters. The minimum Gasteiger partial charge on any atom is -0.379 e. The Morgan fingerprint density at radius 3 is 2.81 bits per heavy atom. The second-order valence-corrected chi connectivity index (χ2v) is 6.76. The number of nitrogens with zero attached hydrogens (tertiary/aromatic N) is 2. The third kappa shape index (κ3) is 3.66. The van der Waals surface area contributed by atoms with Crippen LogP contribution in [0.25, 0.3) is 5.52 Å². The summed E-state index contributed by atoms with van der Waals surface area (Å²) in [5.41, 5.74) is 1.52. The smallest absolute Gasteiger partial charge is 0.351 e. The minimum atomic E-state index is -0.392. The van der Waals surface area contributed by atoms with Gasteiger partial charge in [0, 0.05) is 13.1 Å². The maximum Gasteiger partial charge on any atom is 0.351 e. The molecular formula is C19H19ClFN4O2+. The van der Waals surface area contributed by atoms with Crippen LogP contribution in [0.15, 0.2) is 42.6 Å². The number of hydrogen-bond acceptors (Lipinski definition) is 3. The van der Waals surface area contributed by atoms with E-state index >= 15 is 0 Å². The molecule has 8 heteroatoms. The van der Waals surface area contributed by atoms with Crippen LogP contribution in [0.3, 0.4) is 0 Å². The van der Waals surface area contributed by atoms with Crippen LogP contribution >= 0.6 is 11.6 Å². The van der Waals surface area contributed by atoms with Crippen molar-refractivity contribution in [3.05, 3.63) is 65.0 Å². The number of benzene rings is 1. The number of carbonyl (C=O) groups excluding carboxylic acids is 1. The van der Waals surface area contributed by atoms with Gasteiger partial charge in [-0.1, -0.05) is 23.7 Å². The maximum absolute atomic E-state index is 14.5. The summed E-state index contributed by atoms with van der Waals surface area (Å²) in [6, 6.07) is 9.94.